The molecule has 0 saturated carbocycles. The van der Waals surface area contributed by atoms with Crippen LogP contribution >= 0.6 is 0 Å². The molecular formula is C15H23N3O3. The highest BCUT2D eigenvalue weighted by Gasteiger charge is 2.36. The molecule has 116 valence electrons. The van der Waals surface area contributed by atoms with Crippen molar-refractivity contribution in [3.8, 4) is 0 Å². The zero-order chi connectivity index (χ0) is 15.0. The summed E-state index contributed by atoms with van der Waals surface area (Å²) in [7, 11) is 0. The normalized spacial score (nSPS) is 27.8. The molecule has 0 spiro atoms. The molecule has 0 radical (unpaired) electrons. The molecule has 0 aromatic carbocycles. The summed E-state index contributed by atoms with van der Waals surface area (Å²) in [6, 6.07) is 0.549. The summed E-state index contributed by atoms with van der Waals surface area (Å²) >= 11 is 0. The highest BCUT2D eigenvalue weighted by atomic mass is 16.5. The van der Waals surface area contributed by atoms with Crippen LogP contribution in [0, 0.1) is 5.92 Å². The van der Waals surface area contributed by atoms with E-state index in [0.717, 1.165) is 19.7 Å². The fourth-order valence-corrected chi connectivity index (χ4v) is 3.41. The van der Waals surface area contributed by atoms with Gasteiger partial charge >= 0.3 is 0 Å². The summed E-state index contributed by atoms with van der Waals surface area (Å²) in [4.78, 5) is 18.6. The molecule has 3 unspecified atom stereocenters. The number of carbonyl (C=O) groups excluding carboxylic acids is 1. The van der Waals surface area contributed by atoms with Gasteiger partial charge in [0.05, 0.1) is 12.5 Å². The minimum absolute atomic E-state index is 0.0596. The van der Waals surface area contributed by atoms with Crippen molar-refractivity contribution in [3.05, 3.63) is 11.7 Å². The second-order valence-electron chi connectivity index (χ2n) is 6.44. The molecule has 3 heterocycles. The average Bonchev–Trinajstić information content (AvgIpc) is 3.05. The van der Waals surface area contributed by atoms with Gasteiger partial charge in [0.25, 0.3) is 0 Å². The van der Waals surface area contributed by atoms with Crippen molar-refractivity contribution < 1.29 is 14.1 Å². The zero-order valence-corrected chi connectivity index (χ0v) is 12.9. The van der Waals surface area contributed by atoms with Crippen LogP contribution in [-0.4, -0.2) is 46.6 Å². The topological polar surface area (TPSA) is 68.5 Å². The number of rotatable bonds is 4. The van der Waals surface area contributed by atoms with E-state index < -0.39 is 0 Å². The van der Waals surface area contributed by atoms with E-state index in [0.29, 0.717) is 17.8 Å². The summed E-state index contributed by atoms with van der Waals surface area (Å²) in [5, 5.41) is 4.05. The van der Waals surface area contributed by atoms with Crippen LogP contribution < -0.4 is 0 Å². The van der Waals surface area contributed by atoms with Crippen molar-refractivity contribution in [2.75, 3.05) is 19.7 Å². The number of aromatic nitrogens is 2. The molecular weight excluding hydrogens is 270 g/mol. The van der Waals surface area contributed by atoms with E-state index in [9.17, 15) is 4.79 Å². The van der Waals surface area contributed by atoms with Gasteiger partial charge in [0, 0.05) is 12.6 Å². The number of hydrogen-bond donors (Lipinski definition) is 0. The Balaban J connectivity index is 1.74. The third kappa shape index (κ3) is 2.87. The van der Waals surface area contributed by atoms with E-state index in [4.69, 9.17) is 9.26 Å². The van der Waals surface area contributed by atoms with Crippen LogP contribution in [0.4, 0.5) is 0 Å². The first-order chi connectivity index (χ1) is 10.1. The van der Waals surface area contributed by atoms with Crippen LogP contribution in [0.5, 0.6) is 0 Å². The SMILES string of the molecule is CC(=O)C(c1nc(C2CN3CCCC3CO2)no1)C(C)C. The fraction of sp³-hybridized carbons (Fsp3) is 0.800. The van der Waals surface area contributed by atoms with Gasteiger partial charge in [0.1, 0.15) is 11.9 Å². The summed E-state index contributed by atoms with van der Waals surface area (Å²) in [5.41, 5.74) is 0. The zero-order valence-electron chi connectivity index (χ0n) is 12.9. The molecule has 0 N–H and O–H groups in total. The lowest BCUT2D eigenvalue weighted by Gasteiger charge is -2.33. The number of ether oxygens (including phenoxy) is 1. The maximum Gasteiger partial charge on any atom is 0.237 e. The minimum atomic E-state index is -0.325. The number of morpholine rings is 1. The Morgan fingerprint density at radius 3 is 2.95 bits per heavy atom. The minimum Gasteiger partial charge on any atom is -0.367 e. The molecule has 0 amide bonds. The Morgan fingerprint density at radius 2 is 2.24 bits per heavy atom. The Labute approximate surface area is 124 Å². The van der Waals surface area contributed by atoms with E-state index >= 15 is 0 Å². The Morgan fingerprint density at radius 1 is 1.43 bits per heavy atom. The van der Waals surface area contributed by atoms with Gasteiger partial charge in [-0.2, -0.15) is 4.98 Å². The first kappa shape index (κ1) is 14.7. The smallest absolute Gasteiger partial charge is 0.237 e. The summed E-state index contributed by atoms with van der Waals surface area (Å²) < 4.78 is 11.2. The summed E-state index contributed by atoms with van der Waals surface area (Å²) in [5.74, 6) is 0.867. The highest BCUT2D eigenvalue weighted by Crippen LogP contribution is 2.30. The highest BCUT2D eigenvalue weighted by molar-refractivity contribution is 5.82. The summed E-state index contributed by atoms with van der Waals surface area (Å²) in [6.07, 6.45) is 2.30. The third-order valence-electron chi connectivity index (χ3n) is 4.51. The lowest BCUT2D eigenvalue weighted by Crippen LogP contribution is -2.42. The van der Waals surface area contributed by atoms with Gasteiger partial charge in [0.2, 0.25) is 11.7 Å². The standard InChI is InChI=1S/C15H23N3O3/c1-9(2)13(10(3)19)15-16-14(17-21-15)12-7-18-6-4-5-11(18)8-20-12/h9,11-13H,4-8H2,1-3H3. The molecule has 3 atom stereocenters. The molecule has 0 aliphatic carbocycles. The molecule has 2 aliphatic heterocycles. The molecule has 1 aromatic rings. The number of ketones is 1. The number of carbonyl (C=O) groups is 1. The largest absolute Gasteiger partial charge is 0.367 e. The number of nitrogens with zero attached hydrogens (tertiary/aromatic N) is 3. The van der Waals surface area contributed by atoms with Crippen LogP contribution in [0.2, 0.25) is 0 Å². The van der Waals surface area contributed by atoms with Gasteiger partial charge in [-0.05, 0) is 32.2 Å². The molecule has 2 fully saturated rings. The van der Waals surface area contributed by atoms with Crippen LogP contribution in [0.1, 0.15) is 57.3 Å². The number of Topliss-reactive ketones (excluding diaryl/α,β-unsaturated/α-hetero) is 1. The fourth-order valence-electron chi connectivity index (χ4n) is 3.41. The molecule has 2 aliphatic rings. The predicted octanol–water partition coefficient (Wildman–Crippen LogP) is 1.93. The van der Waals surface area contributed by atoms with Gasteiger partial charge < -0.3 is 9.26 Å². The monoisotopic (exact) mass is 293 g/mol. The van der Waals surface area contributed by atoms with Gasteiger partial charge in [-0.3, -0.25) is 9.69 Å². The maximum atomic E-state index is 11.8. The van der Waals surface area contributed by atoms with Gasteiger partial charge in [-0.1, -0.05) is 19.0 Å². The van der Waals surface area contributed by atoms with E-state index in [1.54, 1.807) is 6.92 Å². The van der Waals surface area contributed by atoms with Gasteiger partial charge in [-0.15, -0.1) is 0 Å². The second-order valence-corrected chi connectivity index (χ2v) is 6.44. The number of hydrogen-bond acceptors (Lipinski definition) is 6. The first-order valence-electron chi connectivity index (χ1n) is 7.76. The lowest BCUT2D eigenvalue weighted by molar-refractivity contribution is -0.119. The Hall–Kier alpha value is -1.27. The van der Waals surface area contributed by atoms with Crippen LogP contribution in [0.3, 0.4) is 0 Å². The second kappa shape index (κ2) is 5.85. The average molecular weight is 293 g/mol. The predicted molar refractivity (Wildman–Crippen MR) is 75.8 cm³/mol. The summed E-state index contributed by atoms with van der Waals surface area (Å²) in [6.45, 7) is 8.21. The van der Waals surface area contributed by atoms with Gasteiger partial charge in [-0.25, -0.2) is 0 Å². The van der Waals surface area contributed by atoms with Crippen molar-refractivity contribution in [2.24, 2.45) is 5.92 Å². The van der Waals surface area contributed by atoms with Crippen LogP contribution in [0.25, 0.3) is 0 Å². The number of fused-ring (bicyclic) bond motifs is 1. The van der Waals surface area contributed by atoms with Crippen molar-refractivity contribution in [3.63, 3.8) is 0 Å². The van der Waals surface area contributed by atoms with E-state index in [1.165, 1.54) is 12.8 Å². The first-order valence-corrected chi connectivity index (χ1v) is 7.76. The molecule has 6 heteroatoms. The van der Waals surface area contributed by atoms with Crippen molar-refractivity contribution >= 4 is 5.78 Å². The Kier molecular flexibility index (Phi) is 4.08. The van der Waals surface area contributed by atoms with Crippen LogP contribution in [-0.2, 0) is 9.53 Å². The maximum absolute atomic E-state index is 11.8. The van der Waals surface area contributed by atoms with Crippen molar-refractivity contribution in [2.45, 2.75) is 51.7 Å². The van der Waals surface area contributed by atoms with E-state index in [-0.39, 0.29) is 23.7 Å². The molecule has 6 nitrogen and oxygen atoms in total. The molecule has 2 saturated heterocycles. The Bertz CT molecular complexity index is 514. The van der Waals surface area contributed by atoms with E-state index in [2.05, 4.69) is 15.0 Å². The molecule has 1 aromatic heterocycles. The molecule has 0 bridgehead atoms. The van der Waals surface area contributed by atoms with Crippen molar-refractivity contribution in [1.82, 2.24) is 15.0 Å². The third-order valence-corrected chi connectivity index (χ3v) is 4.51. The van der Waals surface area contributed by atoms with Crippen LogP contribution in [0.15, 0.2) is 4.52 Å². The van der Waals surface area contributed by atoms with Crippen molar-refractivity contribution in [1.29, 1.82) is 0 Å². The lowest BCUT2D eigenvalue weighted by atomic mass is 9.92. The van der Waals surface area contributed by atoms with Gasteiger partial charge in [0.15, 0.2) is 0 Å². The quantitative estimate of drug-likeness (QED) is 0.845. The molecule has 3 rings (SSSR count). The molecule has 21 heavy (non-hydrogen) atoms. The van der Waals surface area contributed by atoms with E-state index in [1.807, 2.05) is 13.8 Å².